The van der Waals surface area contributed by atoms with Crippen LogP contribution in [0.4, 0.5) is 0 Å². The number of hydrogen-bond acceptors (Lipinski definition) is 5. The summed E-state index contributed by atoms with van der Waals surface area (Å²) < 4.78 is 28.4. The highest BCUT2D eigenvalue weighted by Gasteiger charge is 2.27. The quantitative estimate of drug-likeness (QED) is 0.624. The first-order valence-corrected chi connectivity index (χ1v) is 13.1. The van der Waals surface area contributed by atoms with Crippen LogP contribution in [0.1, 0.15) is 51.0 Å². The number of carbonyl (C=O) groups excluding carboxylic acids is 1. The van der Waals surface area contributed by atoms with Crippen LogP contribution in [0, 0.1) is 0 Å². The predicted octanol–water partition coefficient (Wildman–Crippen LogP) is 2.11. The number of benzene rings is 1. The minimum absolute atomic E-state index is 0.0369. The van der Waals surface area contributed by atoms with E-state index in [2.05, 4.69) is 24.1 Å². The van der Waals surface area contributed by atoms with Crippen LogP contribution in [-0.4, -0.2) is 87.3 Å². The van der Waals surface area contributed by atoms with Crippen LogP contribution in [0.2, 0.25) is 0 Å². The van der Waals surface area contributed by atoms with Gasteiger partial charge in [-0.2, -0.15) is 4.31 Å². The molecule has 0 atom stereocenters. The third-order valence-corrected chi connectivity index (χ3v) is 8.26. The van der Waals surface area contributed by atoms with Gasteiger partial charge in [-0.15, -0.1) is 0 Å². The SMILES string of the molecule is CC(C)c1ccc(S(=O)(=O)N(CCC(=O)N2CCNCC2)CCN2CCCCC2)cc1. The third-order valence-electron chi connectivity index (χ3n) is 6.34. The fourth-order valence-electron chi connectivity index (χ4n) is 4.25. The van der Waals surface area contributed by atoms with Crippen molar-refractivity contribution in [3.05, 3.63) is 29.8 Å². The molecule has 0 saturated carbocycles. The standard InChI is InChI=1S/C23H38N4O3S/c1-20(2)21-6-8-22(9-7-21)31(29,30)27(19-18-25-13-4-3-5-14-25)15-10-23(28)26-16-11-24-12-17-26/h6-9,20,24H,3-5,10-19H2,1-2H3. The van der Waals surface area contributed by atoms with Gasteiger partial charge < -0.3 is 15.1 Å². The summed E-state index contributed by atoms with van der Waals surface area (Å²) >= 11 is 0. The highest BCUT2D eigenvalue weighted by atomic mass is 32.2. The Bertz CT molecular complexity index is 799. The molecule has 2 saturated heterocycles. The van der Waals surface area contributed by atoms with Crippen molar-refractivity contribution in [2.24, 2.45) is 0 Å². The average molecular weight is 451 g/mol. The van der Waals surface area contributed by atoms with Crippen molar-refractivity contribution in [2.75, 3.05) is 58.9 Å². The van der Waals surface area contributed by atoms with Crippen molar-refractivity contribution in [3.8, 4) is 0 Å². The molecule has 31 heavy (non-hydrogen) atoms. The number of piperazine rings is 1. The van der Waals surface area contributed by atoms with Gasteiger partial charge in [-0.3, -0.25) is 4.79 Å². The van der Waals surface area contributed by atoms with Crippen LogP contribution in [-0.2, 0) is 14.8 Å². The Morgan fingerprint density at radius 2 is 1.65 bits per heavy atom. The Kier molecular flexibility index (Phi) is 8.89. The number of nitrogens with one attached hydrogen (secondary N) is 1. The molecule has 0 spiro atoms. The molecule has 0 radical (unpaired) electrons. The zero-order valence-electron chi connectivity index (χ0n) is 19.1. The fraction of sp³-hybridized carbons (Fsp3) is 0.696. The number of sulfonamides is 1. The summed E-state index contributed by atoms with van der Waals surface area (Å²) in [6.45, 7) is 10.6. The lowest BCUT2D eigenvalue weighted by molar-refractivity contribution is -0.131. The first-order chi connectivity index (χ1) is 14.9. The van der Waals surface area contributed by atoms with Crippen molar-refractivity contribution in [2.45, 2.75) is 50.3 Å². The van der Waals surface area contributed by atoms with Crippen molar-refractivity contribution in [1.82, 2.24) is 19.4 Å². The van der Waals surface area contributed by atoms with Gasteiger partial charge in [0.2, 0.25) is 15.9 Å². The number of piperidine rings is 1. The van der Waals surface area contributed by atoms with E-state index in [1.807, 2.05) is 17.0 Å². The summed E-state index contributed by atoms with van der Waals surface area (Å²) in [5, 5.41) is 3.24. The Morgan fingerprint density at radius 1 is 1.00 bits per heavy atom. The number of nitrogens with zero attached hydrogens (tertiary/aromatic N) is 3. The lowest BCUT2D eigenvalue weighted by atomic mass is 10.0. The van der Waals surface area contributed by atoms with Crippen molar-refractivity contribution in [3.63, 3.8) is 0 Å². The molecule has 1 aromatic carbocycles. The summed E-state index contributed by atoms with van der Waals surface area (Å²) in [5.41, 5.74) is 1.12. The lowest BCUT2D eigenvalue weighted by Crippen LogP contribution is -2.47. The Morgan fingerprint density at radius 3 is 2.26 bits per heavy atom. The topological polar surface area (TPSA) is 73.0 Å². The normalized spacial score (nSPS) is 18.6. The zero-order chi connectivity index (χ0) is 22.3. The molecular formula is C23H38N4O3S. The maximum atomic E-state index is 13.4. The molecule has 8 heteroatoms. The minimum Gasteiger partial charge on any atom is -0.340 e. The van der Waals surface area contributed by atoms with Crippen LogP contribution in [0.3, 0.4) is 0 Å². The Labute approximate surface area is 187 Å². The van der Waals surface area contributed by atoms with E-state index in [4.69, 9.17) is 0 Å². The van der Waals surface area contributed by atoms with Gasteiger partial charge in [-0.1, -0.05) is 32.4 Å². The molecule has 2 aliphatic heterocycles. The van der Waals surface area contributed by atoms with Gasteiger partial charge in [-0.05, 0) is 49.5 Å². The molecule has 2 aliphatic rings. The molecule has 2 fully saturated rings. The fourth-order valence-corrected chi connectivity index (χ4v) is 5.69. The average Bonchev–Trinajstić information content (AvgIpc) is 2.80. The molecule has 0 aromatic heterocycles. The molecule has 1 aromatic rings. The first-order valence-electron chi connectivity index (χ1n) is 11.7. The van der Waals surface area contributed by atoms with Crippen LogP contribution < -0.4 is 5.32 Å². The van der Waals surface area contributed by atoms with E-state index in [9.17, 15) is 13.2 Å². The maximum absolute atomic E-state index is 13.4. The van der Waals surface area contributed by atoms with E-state index in [1.165, 1.54) is 23.6 Å². The molecule has 2 heterocycles. The summed E-state index contributed by atoms with van der Waals surface area (Å²) in [5.74, 6) is 0.387. The highest BCUT2D eigenvalue weighted by Crippen LogP contribution is 2.21. The molecule has 3 rings (SSSR count). The largest absolute Gasteiger partial charge is 0.340 e. The summed E-state index contributed by atoms with van der Waals surface area (Å²) in [6, 6.07) is 7.20. The molecule has 0 unspecified atom stereocenters. The first kappa shape index (κ1) is 24.2. The molecule has 1 N–H and O–H groups in total. The van der Waals surface area contributed by atoms with Crippen molar-refractivity contribution in [1.29, 1.82) is 0 Å². The second-order valence-corrected chi connectivity index (χ2v) is 10.8. The number of likely N-dealkylation sites (tertiary alicyclic amines) is 1. The Hall–Kier alpha value is -1.48. The molecular weight excluding hydrogens is 412 g/mol. The number of amides is 1. The zero-order valence-corrected chi connectivity index (χ0v) is 19.9. The smallest absolute Gasteiger partial charge is 0.243 e. The van der Waals surface area contributed by atoms with E-state index in [-0.39, 0.29) is 18.9 Å². The summed E-state index contributed by atoms with van der Waals surface area (Å²) in [4.78, 5) is 17.1. The molecule has 0 bridgehead atoms. The van der Waals surface area contributed by atoms with Crippen LogP contribution in [0.5, 0.6) is 0 Å². The number of hydrogen-bond donors (Lipinski definition) is 1. The van der Waals surface area contributed by atoms with Gasteiger partial charge in [0.25, 0.3) is 0 Å². The van der Waals surface area contributed by atoms with Gasteiger partial charge in [0.05, 0.1) is 4.90 Å². The second-order valence-electron chi connectivity index (χ2n) is 8.91. The van der Waals surface area contributed by atoms with Crippen LogP contribution in [0.15, 0.2) is 29.2 Å². The van der Waals surface area contributed by atoms with E-state index >= 15 is 0 Å². The summed E-state index contributed by atoms with van der Waals surface area (Å²) in [7, 11) is -3.65. The third kappa shape index (κ3) is 6.75. The van der Waals surface area contributed by atoms with Crippen molar-refractivity contribution < 1.29 is 13.2 Å². The van der Waals surface area contributed by atoms with E-state index in [0.29, 0.717) is 37.0 Å². The molecule has 174 valence electrons. The molecule has 0 aliphatic carbocycles. The van der Waals surface area contributed by atoms with Crippen LogP contribution >= 0.6 is 0 Å². The van der Waals surface area contributed by atoms with Gasteiger partial charge in [0, 0.05) is 52.2 Å². The van der Waals surface area contributed by atoms with Gasteiger partial charge >= 0.3 is 0 Å². The maximum Gasteiger partial charge on any atom is 0.243 e. The Balaban J connectivity index is 1.70. The van der Waals surface area contributed by atoms with Crippen molar-refractivity contribution >= 4 is 15.9 Å². The monoisotopic (exact) mass is 450 g/mol. The van der Waals surface area contributed by atoms with E-state index in [1.54, 1.807) is 12.1 Å². The highest BCUT2D eigenvalue weighted by molar-refractivity contribution is 7.89. The van der Waals surface area contributed by atoms with Gasteiger partial charge in [0.15, 0.2) is 0 Å². The van der Waals surface area contributed by atoms with Gasteiger partial charge in [-0.25, -0.2) is 8.42 Å². The van der Waals surface area contributed by atoms with Crippen LogP contribution in [0.25, 0.3) is 0 Å². The van der Waals surface area contributed by atoms with Gasteiger partial charge in [0.1, 0.15) is 0 Å². The lowest BCUT2D eigenvalue weighted by Gasteiger charge is -2.31. The minimum atomic E-state index is -3.65. The summed E-state index contributed by atoms with van der Waals surface area (Å²) in [6.07, 6.45) is 3.82. The predicted molar refractivity (Wildman–Crippen MR) is 124 cm³/mol. The second kappa shape index (κ2) is 11.4. The molecule has 7 nitrogen and oxygen atoms in total. The number of rotatable bonds is 9. The van der Waals surface area contributed by atoms with E-state index < -0.39 is 10.0 Å². The van der Waals surface area contributed by atoms with E-state index in [0.717, 1.165) is 31.7 Å². The number of carbonyl (C=O) groups is 1. The molecule has 1 amide bonds.